The molecule has 0 unspecified atom stereocenters. The number of aliphatic carboxylic acids is 1. The molecule has 0 saturated carbocycles. The maximum absolute atomic E-state index is 14.7. The van der Waals surface area contributed by atoms with Gasteiger partial charge in [-0.3, -0.25) is 4.79 Å². The van der Waals surface area contributed by atoms with Gasteiger partial charge in [0.2, 0.25) is 11.4 Å². The Balaban J connectivity index is 1.87. The number of aryl methyl sites for hydroxylation is 1. The Bertz CT molecular complexity index is 2530. The Labute approximate surface area is 343 Å². The number of carbonyl (C=O) groups is 5. The number of rotatable bonds is 8. The van der Waals surface area contributed by atoms with Crippen LogP contribution in [-0.4, -0.2) is 114 Å². The second-order valence-electron chi connectivity index (χ2n) is 15.3. The molecule has 0 radical (unpaired) electrons. The molecule has 4 aromatic rings. The highest BCUT2D eigenvalue weighted by atomic mass is 16.6. The van der Waals surface area contributed by atoms with E-state index < -0.39 is 156 Å². The summed E-state index contributed by atoms with van der Waals surface area (Å²) in [5, 5.41) is 129. The number of hydrogen-bond acceptors (Lipinski definition) is 19. The molecule has 20 heteroatoms. The van der Waals surface area contributed by atoms with Gasteiger partial charge in [0.05, 0.1) is 22.1 Å². The monoisotopic (exact) mass is 852 g/mol. The molecule has 20 nitrogen and oxygen atoms in total. The SMILES string of the molecule is Cc1cc(C(=O)O[C@](C)(C(=O)O)[C@](C)(CC(=O)c2cc(O)c(O)c(O)c2)[C@@]2(C)OC(=O)c3cc(O)c(O)c(O)c3-c3c(cc(O)c(C)c3O)C(=O)OC[C@]2(C)O)cc(O)c1O. The number of aliphatic hydroxyl groups is 1. The molecular formula is C41H40O20. The van der Waals surface area contributed by atoms with Crippen molar-refractivity contribution in [3.8, 4) is 68.6 Å². The number of hydrogen-bond donors (Lipinski definition) is 12. The number of carboxylic acids is 1. The van der Waals surface area contributed by atoms with Crippen LogP contribution in [0.15, 0.2) is 36.4 Å². The number of ether oxygens (including phenoxy) is 3. The normalized spacial score (nSPS) is 19.7. The number of fused-ring (bicyclic) bond motifs is 3. The van der Waals surface area contributed by atoms with Crippen LogP contribution in [0.1, 0.15) is 86.7 Å². The van der Waals surface area contributed by atoms with E-state index >= 15 is 0 Å². The lowest BCUT2D eigenvalue weighted by Crippen LogP contribution is -2.73. The van der Waals surface area contributed by atoms with Crippen LogP contribution in [-0.2, 0) is 19.0 Å². The van der Waals surface area contributed by atoms with Crippen molar-refractivity contribution < 1.29 is 99.5 Å². The van der Waals surface area contributed by atoms with E-state index in [0.29, 0.717) is 24.3 Å². The lowest BCUT2D eigenvalue weighted by Gasteiger charge is -2.56. The molecule has 0 aromatic heterocycles. The maximum atomic E-state index is 14.7. The standard InChI is InChI=1S/C41H40O20/c1-15-7-18(10-22(43)29(15)48)34(53)60-40(5,37(56)57)38(3,13-26(47)17-8-23(44)31(50)24(45)9-17)41(6)39(4,58)14-59-35(54)19-11-21(42)16(2)30(49)27(19)28-20(36(55)61-41)12-25(46)32(51)33(28)52/h7-12,42-46,48-52,58H,13-14H2,1-6H3,(H,56,57)/t38-,39-,40+,41+/m0/s1. The first kappa shape index (κ1) is 44.5. The summed E-state index contributed by atoms with van der Waals surface area (Å²) in [6.07, 6.45) is -1.33. The fraction of sp³-hybridized carbons (Fsp3) is 0.293. The number of phenols is 10. The zero-order chi connectivity index (χ0) is 46.1. The summed E-state index contributed by atoms with van der Waals surface area (Å²) in [6, 6.07) is 4.26. The number of carbonyl (C=O) groups excluding carboxylic acids is 4. The molecule has 5 rings (SSSR count). The van der Waals surface area contributed by atoms with Gasteiger partial charge < -0.3 is 75.5 Å². The van der Waals surface area contributed by atoms with Crippen LogP contribution in [0.3, 0.4) is 0 Å². The quantitative estimate of drug-likeness (QED) is 0.0518. The Morgan fingerprint density at radius 3 is 1.72 bits per heavy atom. The predicted molar refractivity (Wildman–Crippen MR) is 204 cm³/mol. The Kier molecular flexibility index (Phi) is 10.9. The molecule has 1 heterocycles. The van der Waals surface area contributed by atoms with Crippen molar-refractivity contribution in [2.75, 3.05) is 6.61 Å². The lowest BCUT2D eigenvalue weighted by molar-refractivity contribution is -0.253. The second kappa shape index (κ2) is 14.9. The minimum absolute atomic E-state index is 0.0883. The third-order valence-electron chi connectivity index (χ3n) is 11.5. The van der Waals surface area contributed by atoms with Crippen LogP contribution in [0.4, 0.5) is 0 Å². The van der Waals surface area contributed by atoms with Crippen LogP contribution in [0.5, 0.6) is 57.5 Å². The topological polar surface area (TPSA) is 356 Å². The Morgan fingerprint density at radius 2 is 1.16 bits per heavy atom. The molecule has 61 heavy (non-hydrogen) atoms. The van der Waals surface area contributed by atoms with Crippen LogP contribution in [0.25, 0.3) is 11.1 Å². The second-order valence-corrected chi connectivity index (χ2v) is 15.3. The number of phenolic OH excluding ortho intramolecular Hbond substituents is 10. The molecule has 4 atom stereocenters. The maximum Gasteiger partial charge on any atom is 0.348 e. The smallest absolute Gasteiger partial charge is 0.348 e. The largest absolute Gasteiger partial charge is 0.508 e. The molecule has 4 aromatic carbocycles. The van der Waals surface area contributed by atoms with Crippen LogP contribution >= 0.6 is 0 Å². The molecular weight excluding hydrogens is 812 g/mol. The molecule has 0 saturated heterocycles. The molecule has 1 aliphatic rings. The highest BCUT2D eigenvalue weighted by molar-refractivity contribution is 6.08. The van der Waals surface area contributed by atoms with Gasteiger partial charge in [-0.2, -0.15) is 0 Å². The third kappa shape index (κ3) is 6.95. The summed E-state index contributed by atoms with van der Waals surface area (Å²) in [4.78, 5) is 70.5. The van der Waals surface area contributed by atoms with Crippen LogP contribution in [0, 0.1) is 19.3 Å². The lowest BCUT2D eigenvalue weighted by atomic mass is 9.55. The summed E-state index contributed by atoms with van der Waals surface area (Å²) in [5.74, 6) is -18.3. The van der Waals surface area contributed by atoms with E-state index in [1.165, 1.54) is 6.92 Å². The highest BCUT2D eigenvalue weighted by Gasteiger charge is 2.71. The first-order chi connectivity index (χ1) is 28.0. The number of esters is 3. The van der Waals surface area contributed by atoms with Crippen LogP contribution < -0.4 is 0 Å². The number of aromatic hydroxyl groups is 10. The van der Waals surface area contributed by atoms with Gasteiger partial charge in [0.25, 0.3) is 0 Å². The fourth-order valence-electron chi connectivity index (χ4n) is 7.20. The summed E-state index contributed by atoms with van der Waals surface area (Å²) in [7, 11) is 0. The Morgan fingerprint density at radius 1 is 0.672 bits per heavy atom. The van der Waals surface area contributed by atoms with Crippen molar-refractivity contribution >= 4 is 29.7 Å². The zero-order valence-electron chi connectivity index (χ0n) is 33.0. The number of benzene rings is 4. The van der Waals surface area contributed by atoms with Gasteiger partial charge in [0.1, 0.15) is 23.7 Å². The first-order valence-corrected chi connectivity index (χ1v) is 17.8. The van der Waals surface area contributed by atoms with Crippen LogP contribution in [0.2, 0.25) is 0 Å². The van der Waals surface area contributed by atoms with Crippen molar-refractivity contribution in [3.63, 3.8) is 0 Å². The third-order valence-corrected chi connectivity index (χ3v) is 11.5. The van der Waals surface area contributed by atoms with Crippen molar-refractivity contribution in [3.05, 3.63) is 69.8 Å². The van der Waals surface area contributed by atoms with E-state index in [1.807, 2.05) is 0 Å². The average molecular weight is 853 g/mol. The fourth-order valence-corrected chi connectivity index (χ4v) is 7.20. The van der Waals surface area contributed by atoms with E-state index in [0.717, 1.165) is 46.8 Å². The summed E-state index contributed by atoms with van der Waals surface area (Å²) in [5.41, 5.74) is -17.3. The van der Waals surface area contributed by atoms with E-state index in [4.69, 9.17) is 14.2 Å². The minimum Gasteiger partial charge on any atom is -0.508 e. The van der Waals surface area contributed by atoms with Crippen molar-refractivity contribution in [1.29, 1.82) is 0 Å². The van der Waals surface area contributed by atoms with Gasteiger partial charge in [-0.1, -0.05) is 6.92 Å². The van der Waals surface area contributed by atoms with Gasteiger partial charge in [-0.05, 0) is 76.6 Å². The van der Waals surface area contributed by atoms with E-state index in [9.17, 15) is 85.3 Å². The summed E-state index contributed by atoms with van der Waals surface area (Å²) in [6.45, 7) is 4.38. The number of cyclic esters (lactones) is 2. The predicted octanol–water partition coefficient (Wildman–Crippen LogP) is 3.84. The highest BCUT2D eigenvalue weighted by Crippen LogP contribution is 2.57. The first-order valence-electron chi connectivity index (χ1n) is 17.8. The zero-order valence-corrected chi connectivity index (χ0v) is 33.0. The van der Waals surface area contributed by atoms with Crippen molar-refractivity contribution in [2.45, 2.75) is 64.8 Å². The van der Waals surface area contributed by atoms with Gasteiger partial charge in [-0.15, -0.1) is 0 Å². The average Bonchev–Trinajstić information content (AvgIpc) is 3.18. The molecule has 324 valence electrons. The van der Waals surface area contributed by atoms with Crippen molar-refractivity contribution in [2.24, 2.45) is 5.41 Å². The van der Waals surface area contributed by atoms with E-state index in [1.54, 1.807) is 0 Å². The number of carboxylic acid groups (broad SMARTS) is 1. The van der Waals surface area contributed by atoms with Gasteiger partial charge >= 0.3 is 23.9 Å². The molecule has 0 fully saturated rings. The number of Topliss-reactive ketones (excluding diaryl/α,β-unsaturated/α-hetero) is 1. The molecule has 0 spiro atoms. The summed E-state index contributed by atoms with van der Waals surface area (Å²) < 4.78 is 17.0. The molecule has 0 aliphatic carbocycles. The number of ketones is 1. The molecule has 0 amide bonds. The summed E-state index contributed by atoms with van der Waals surface area (Å²) >= 11 is 0. The molecule has 0 bridgehead atoms. The van der Waals surface area contributed by atoms with Crippen molar-refractivity contribution in [1.82, 2.24) is 0 Å². The molecule has 1 aliphatic heterocycles. The van der Waals surface area contributed by atoms with Gasteiger partial charge in [0.15, 0.2) is 51.6 Å². The van der Waals surface area contributed by atoms with Gasteiger partial charge in [0, 0.05) is 28.7 Å². The van der Waals surface area contributed by atoms with E-state index in [2.05, 4.69) is 0 Å². The van der Waals surface area contributed by atoms with Gasteiger partial charge in [-0.25, -0.2) is 19.2 Å². The Hall–Kier alpha value is -7.61. The minimum atomic E-state index is -3.24. The molecule has 12 N–H and O–H groups in total. The van der Waals surface area contributed by atoms with E-state index in [-0.39, 0.29) is 11.1 Å².